The molecule has 88 valence electrons. The van der Waals surface area contributed by atoms with Crippen LogP contribution >= 0.6 is 0 Å². The first kappa shape index (κ1) is 11.4. The highest BCUT2D eigenvalue weighted by Gasteiger charge is 2.30. The molecule has 1 aliphatic rings. The number of primary sulfonamides is 1. The Balaban J connectivity index is 2.40. The normalized spacial score (nSPS) is 20.6. The van der Waals surface area contributed by atoms with Crippen molar-refractivity contribution in [2.24, 2.45) is 5.14 Å². The number of nitrogens with two attached hydrogens (primary N) is 1. The number of rotatable bonds is 2. The molecule has 1 aromatic carbocycles. The van der Waals surface area contributed by atoms with Gasteiger partial charge in [-0.1, -0.05) is 18.2 Å². The second kappa shape index (κ2) is 4.07. The molecule has 0 fully saturated rings. The summed E-state index contributed by atoms with van der Waals surface area (Å²) in [5, 5.41) is 4.75. The number of anilines is 1. The summed E-state index contributed by atoms with van der Waals surface area (Å²) in [5.41, 5.74) is 2.19. The van der Waals surface area contributed by atoms with Gasteiger partial charge in [0.2, 0.25) is 10.0 Å². The van der Waals surface area contributed by atoms with Gasteiger partial charge in [-0.05, 0) is 25.0 Å². The van der Waals surface area contributed by atoms with Crippen LogP contribution < -0.4 is 10.0 Å². The molecule has 0 radical (unpaired) electrons. The number of hydrogen-bond donors (Lipinski definition) is 1. The highest BCUT2D eigenvalue weighted by atomic mass is 32.2. The molecule has 1 aliphatic heterocycles. The van der Waals surface area contributed by atoms with Crippen molar-refractivity contribution in [1.29, 1.82) is 0 Å². The van der Waals surface area contributed by atoms with Crippen molar-refractivity contribution in [2.75, 3.05) is 18.0 Å². The average molecular weight is 240 g/mol. The lowest BCUT2D eigenvalue weighted by molar-refractivity contribution is 0.571. The van der Waals surface area contributed by atoms with Crippen molar-refractivity contribution in [1.82, 2.24) is 0 Å². The van der Waals surface area contributed by atoms with E-state index in [1.165, 1.54) is 0 Å². The summed E-state index contributed by atoms with van der Waals surface area (Å²) >= 11 is 0. The first-order valence-corrected chi connectivity index (χ1v) is 6.97. The van der Waals surface area contributed by atoms with E-state index in [9.17, 15) is 8.42 Å². The molecule has 0 aromatic heterocycles. The minimum Gasteiger partial charge on any atom is -0.370 e. The third-order valence-corrected chi connectivity index (χ3v) is 4.30. The molecule has 0 saturated carbocycles. The number of para-hydroxylation sites is 1. The fraction of sp³-hybridized carbons (Fsp3) is 0.455. The molecule has 1 heterocycles. The van der Waals surface area contributed by atoms with E-state index in [1.807, 2.05) is 31.2 Å². The van der Waals surface area contributed by atoms with E-state index in [1.54, 1.807) is 0 Å². The smallest absolute Gasteiger partial charge is 0.214 e. The summed E-state index contributed by atoms with van der Waals surface area (Å²) in [7, 11) is -3.45. The summed E-state index contributed by atoms with van der Waals surface area (Å²) in [6.07, 6.45) is 0.519. The second-order valence-electron chi connectivity index (χ2n) is 4.08. The third kappa shape index (κ3) is 2.05. The Morgan fingerprint density at radius 1 is 1.44 bits per heavy atom. The minimum atomic E-state index is -3.45. The largest absolute Gasteiger partial charge is 0.370 e. The number of benzene rings is 1. The summed E-state index contributed by atoms with van der Waals surface area (Å²) in [6, 6.07) is 7.89. The quantitative estimate of drug-likeness (QED) is 0.828. The Bertz CT molecular complexity index is 485. The molecule has 0 aliphatic carbocycles. The van der Waals surface area contributed by atoms with Gasteiger partial charge in [0.15, 0.2) is 0 Å². The molecule has 0 saturated heterocycles. The van der Waals surface area contributed by atoms with E-state index in [-0.39, 0.29) is 0 Å². The van der Waals surface area contributed by atoms with E-state index in [2.05, 4.69) is 4.90 Å². The average Bonchev–Trinajstić information content (AvgIpc) is 2.26. The van der Waals surface area contributed by atoms with Gasteiger partial charge in [0.1, 0.15) is 0 Å². The minimum absolute atomic E-state index is 0.484. The van der Waals surface area contributed by atoms with E-state index in [0.717, 1.165) is 17.8 Å². The standard InChI is InChI=1S/C11H16N2O2S/c1-2-13-8-10(16(12,14)15)7-9-5-3-4-6-11(9)13/h3-6,10H,2,7-8H2,1H3,(H2,12,14,15). The first-order valence-electron chi connectivity index (χ1n) is 5.37. The second-order valence-corrected chi connectivity index (χ2v) is 5.93. The summed E-state index contributed by atoms with van der Waals surface area (Å²) < 4.78 is 22.8. The van der Waals surface area contributed by atoms with Crippen molar-refractivity contribution in [3.63, 3.8) is 0 Å². The van der Waals surface area contributed by atoms with Gasteiger partial charge in [0, 0.05) is 18.8 Å². The van der Waals surface area contributed by atoms with E-state index in [4.69, 9.17) is 5.14 Å². The lowest BCUT2D eigenvalue weighted by Gasteiger charge is -2.34. The molecule has 2 rings (SSSR count). The van der Waals surface area contributed by atoms with Gasteiger partial charge in [0.05, 0.1) is 5.25 Å². The zero-order chi connectivity index (χ0) is 11.8. The number of sulfonamides is 1. The Morgan fingerprint density at radius 3 is 2.75 bits per heavy atom. The number of hydrogen-bond acceptors (Lipinski definition) is 3. The van der Waals surface area contributed by atoms with E-state index >= 15 is 0 Å². The Kier molecular flexibility index (Phi) is 2.90. The number of fused-ring (bicyclic) bond motifs is 1. The Labute approximate surface area is 96.1 Å². The van der Waals surface area contributed by atoms with Gasteiger partial charge in [-0.2, -0.15) is 0 Å². The number of nitrogens with zero attached hydrogens (tertiary/aromatic N) is 1. The molecular formula is C11H16N2O2S. The van der Waals surface area contributed by atoms with Crippen LogP contribution in [0.3, 0.4) is 0 Å². The molecule has 0 bridgehead atoms. The van der Waals surface area contributed by atoms with Gasteiger partial charge in [-0.3, -0.25) is 0 Å². The van der Waals surface area contributed by atoms with E-state index in [0.29, 0.717) is 13.0 Å². The first-order chi connectivity index (χ1) is 7.52. The molecular weight excluding hydrogens is 224 g/mol. The van der Waals surface area contributed by atoms with Crippen LogP contribution in [-0.4, -0.2) is 26.8 Å². The Hall–Kier alpha value is -1.07. The van der Waals surface area contributed by atoms with Crippen molar-refractivity contribution in [3.05, 3.63) is 29.8 Å². The van der Waals surface area contributed by atoms with Crippen LogP contribution in [-0.2, 0) is 16.4 Å². The SMILES string of the molecule is CCN1CC(S(N)(=O)=O)Cc2ccccc21. The monoisotopic (exact) mass is 240 g/mol. The molecule has 1 unspecified atom stereocenters. The van der Waals surface area contributed by atoms with Crippen LogP contribution in [0.15, 0.2) is 24.3 Å². The maximum Gasteiger partial charge on any atom is 0.214 e. The summed E-state index contributed by atoms with van der Waals surface area (Å²) in [6.45, 7) is 3.30. The van der Waals surface area contributed by atoms with Crippen LogP contribution in [0.1, 0.15) is 12.5 Å². The topological polar surface area (TPSA) is 63.4 Å². The van der Waals surface area contributed by atoms with Crippen LogP contribution in [0.4, 0.5) is 5.69 Å². The molecule has 1 aromatic rings. The molecule has 1 atom stereocenters. The third-order valence-electron chi connectivity index (χ3n) is 3.05. The van der Waals surface area contributed by atoms with Crippen molar-refractivity contribution in [3.8, 4) is 0 Å². The lowest BCUT2D eigenvalue weighted by atomic mass is 10.0. The van der Waals surface area contributed by atoms with Crippen LogP contribution in [0.5, 0.6) is 0 Å². The maximum absolute atomic E-state index is 11.4. The van der Waals surface area contributed by atoms with Crippen LogP contribution in [0.25, 0.3) is 0 Å². The van der Waals surface area contributed by atoms with Crippen molar-refractivity contribution in [2.45, 2.75) is 18.6 Å². The highest BCUT2D eigenvalue weighted by molar-refractivity contribution is 7.89. The molecule has 16 heavy (non-hydrogen) atoms. The van der Waals surface area contributed by atoms with Gasteiger partial charge >= 0.3 is 0 Å². The van der Waals surface area contributed by atoms with Gasteiger partial charge in [-0.15, -0.1) is 0 Å². The Morgan fingerprint density at radius 2 is 2.12 bits per heavy atom. The van der Waals surface area contributed by atoms with Gasteiger partial charge in [-0.25, -0.2) is 13.6 Å². The molecule has 2 N–H and O–H groups in total. The molecule has 5 heteroatoms. The van der Waals surface area contributed by atoms with Crippen LogP contribution in [0.2, 0.25) is 0 Å². The predicted molar refractivity (Wildman–Crippen MR) is 64.9 cm³/mol. The highest BCUT2D eigenvalue weighted by Crippen LogP contribution is 2.28. The summed E-state index contributed by atoms with van der Waals surface area (Å²) in [5.74, 6) is 0. The van der Waals surface area contributed by atoms with Crippen molar-refractivity contribution < 1.29 is 8.42 Å². The zero-order valence-corrected chi connectivity index (χ0v) is 10.1. The summed E-state index contributed by atoms with van der Waals surface area (Å²) in [4.78, 5) is 2.06. The van der Waals surface area contributed by atoms with Crippen LogP contribution in [0, 0.1) is 0 Å². The van der Waals surface area contributed by atoms with Gasteiger partial charge < -0.3 is 4.90 Å². The fourth-order valence-electron chi connectivity index (χ4n) is 2.17. The predicted octanol–water partition coefficient (Wildman–Crippen LogP) is 0.726. The van der Waals surface area contributed by atoms with Crippen molar-refractivity contribution >= 4 is 15.7 Å². The van der Waals surface area contributed by atoms with Gasteiger partial charge in [0.25, 0.3) is 0 Å². The molecule has 0 spiro atoms. The molecule has 4 nitrogen and oxygen atoms in total. The molecule has 0 amide bonds. The maximum atomic E-state index is 11.4. The lowest BCUT2D eigenvalue weighted by Crippen LogP contribution is -2.45. The van der Waals surface area contributed by atoms with E-state index < -0.39 is 15.3 Å². The zero-order valence-electron chi connectivity index (χ0n) is 9.26. The fourth-order valence-corrected chi connectivity index (χ4v) is 2.97.